The first-order valence-electron chi connectivity index (χ1n) is 11.7. The molecule has 1 atom stereocenters. The Labute approximate surface area is 169 Å². The van der Waals surface area contributed by atoms with Crippen LogP contribution in [0, 0.1) is 0 Å². The molecule has 0 aromatic rings. The van der Waals surface area contributed by atoms with Gasteiger partial charge in [-0.05, 0) is 19.4 Å². The summed E-state index contributed by atoms with van der Waals surface area (Å²) in [6.45, 7) is 2.74. The molecule has 0 aromatic carbocycles. The van der Waals surface area contributed by atoms with Crippen molar-refractivity contribution in [1.29, 1.82) is 0 Å². The zero-order chi connectivity index (χ0) is 20.4. The van der Waals surface area contributed by atoms with E-state index in [2.05, 4.69) is 6.92 Å². The predicted molar refractivity (Wildman–Crippen MR) is 120 cm³/mol. The van der Waals surface area contributed by atoms with Crippen LogP contribution >= 0.6 is 0 Å². The molecule has 0 aliphatic rings. The summed E-state index contributed by atoms with van der Waals surface area (Å²) in [5.74, 6) is -1.36. The Morgan fingerprint density at radius 3 is 1.11 bits per heavy atom. The Kier molecular flexibility index (Phi) is 16.6. The van der Waals surface area contributed by atoms with E-state index < -0.39 is 11.3 Å². The second-order valence-corrected chi connectivity index (χ2v) is 8.68. The SMILES string of the molecule is CCCCCCCCCCCCCCCCCCC(N)(CCN)C(N)(N)N. The normalized spacial score (nSPS) is 14.4. The van der Waals surface area contributed by atoms with Crippen molar-refractivity contribution in [2.75, 3.05) is 6.54 Å². The van der Waals surface area contributed by atoms with Gasteiger partial charge in [-0.1, -0.05) is 110 Å². The third-order valence-corrected chi connectivity index (χ3v) is 5.93. The second kappa shape index (κ2) is 16.7. The van der Waals surface area contributed by atoms with Crippen LogP contribution in [0.4, 0.5) is 0 Å². The molecule has 0 aromatic heterocycles. The number of rotatable bonds is 20. The lowest BCUT2D eigenvalue weighted by Crippen LogP contribution is -2.77. The zero-order valence-electron chi connectivity index (χ0n) is 18.3. The molecule has 5 nitrogen and oxygen atoms in total. The highest BCUT2D eigenvalue weighted by Crippen LogP contribution is 2.21. The summed E-state index contributed by atoms with van der Waals surface area (Å²) in [6, 6.07) is 0. The van der Waals surface area contributed by atoms with Crippen LogP contribution in [0.2, 0.25) is 0 Å². The summed E-state index contributed by atoms with van der Waals surface area (Å²) < 4.78 is 0. The van der Waals surface area contributed by atoms with Gasteiger partial charge in [0.2, 0.25) is 0 Å². The molecule has 5 heteroatoms. The van der Waals surface area contributed by atoms with Crippen LogP contribution in [0.3, 0.4) is 0 Å². The molecular weight excluding hydrogens is 334 g/mol. The largest absolute Gasteiger partial charge is 0.330 e. The van der Waals surface area contributed by atoms with Gasteiger partial charge in [0.15, 0.2) is 0 Å². The van der Waals surface area contributed by atoms with Crippen molar-refractivity contribution in [1.82, 2.24) is 0 Å². The van der Waals surface area contributed by atoms with Gasteiger partial charge in [0.05, 0.1) is 5.54 Å². The molecule has 0 aliphatic carbocycles. The average Bonchev–Trinajstić information content (AvgIpc) is 2.60. The molecule has 0 saturated heterocycles. The first-order valence-corrected chi connectivity index (χ1v) is 11.7. The topological polar surface area (TPSA) is 130 Å². The first kappa shape index (κ1) is 26.8. The molecule has 0 bridgehead atoms. The van der Waals surface area contributed by atoms with E-state index in [0.717, 1.165) is 19.3 Å². The average molecular weight is 386 g/mol. The van der Waals surface area contributed by atoms with Crippen LogP contribution in [0.25, 0.3) is 0 Å². The number of hydrogen-bond acceptors (Lipinski definition) is 5. The fraction of sp³-hybridized carbons (Fsp3) is 1.00. The van der Waals surface area contributed by atoms with Gasteiger partial charge >= 0.3 is 0 Å². The Morgan fingerprint density at radius 1 is 0.481 bits per heavy atom. The third-order valence-electron chi connectivity index (χ3n) is 5.93. The van der Waals surface area contributed by atoms with E-state index in [1.165, 1.54) is 89.9 Å². The fourth-order valence-electron chi connectivity index (χ4n) is 3.80. The minimum Gasteiger partial charge on any atom is -0.330 e. The molecule has 0 spiro atoms. The van der Waals surface area contributed by atoms with Gasteiger partial charge in [-0.3, -0.25) is 17.2 Å². The van der Waals surface area contributed by atoms with Gasteiger partial charge in [-0.2, -0.15) is 0 Å². The predicted octanol–water partition coefficient (Wildman–Crippen LogP) is 4.21. The number of hydrogen-bond donors (Lipinski definition) is 5. The van der Waals surface area contributed by atoms with Crippen molar-refractivity contribution in [3.8, 4) is 0 Å². The maximum absolute atomic E-state index is 6.29. The quantitative estimate of drug-likeness (QED) is 0.158. The van der Waals surface area contributed by atoms with Crippen molar-refractivity contribution >= 4 is 0 Å². The molecule has 10 N–H and O–H groups in total. The molecule has 0 rings (SSSR count). The lowest BCUT2D eigenvalue weighted by molar-refractivity contribution is 0.198. The fourth-order valence-corrected chi connectivity index (χ4v) is 3.80. The van der Waals surface area contributed by atoms with Gasteiger partial charge < -0.3 is 11.5 Å². The second-order valence-electron chi connectivity index (χ2n) is 8.68. The maximum atomic E-state index is 6.29. The van der Waals surface area contributed by atoms with E-state index in [9.17, 15) is 0 Å². The van der Waals surface area contributed by atoms with E-state index in [1.807, 2.05) is 0 Å². The molecule has 27 heavy (non-hydrogen) atoms. The molecule has 1 unspecified atom stereocenters. The van der Waals surface area contributed by atoms with Gasteiger partial charge in [0.1, 0.15) is 5.79 Å². The molecular formula is C22H51N5. The Balaban J connectivity index is 3.40. The van der Waals surface area contributed by atoms with Gasteiger partial charge in [0, 0.05) is 0 Å². The Hall–Kier alpha value is -0.200. The Bertz CT molecular complexity index is 316. The van der Waals surface area contributed by atoms with Gasteiger partial charge in [-0.15, -0.1) is 0 Å². The molecule has 164 valence electrons. The van der Waals surface area contributed by atoms with Crippen LogP contribution in [0.15, 0.2) is 0 Å². The monoisotopic (exact) mass is 385 g/mol. The van der Waals surface area contributed by atoms with Gasteiger partial charge in [-0.25, -0.2) is 0 Å². The van der Waals surface area contributed by atoms with E-state index in [-0.39, 0.29) is 0 Å². The standard InChI is InChI=1S/C22H51N5/c1-2-3-4-5-6-7-8-9-10-11-12-13-14-15-16-17-18-21(24,19-20-23)22(25,26)27/h2-20,23-27H2,1H3. The summed E-state index contributed by atoms with van der Waals surface area (Å²) in [4.78, 5) is 0. The van der Waals surface area contributed by atoms with E-state index in [4.69, 9.17) is 28.7 Å². The van der Waals surface area contributed by atoms with Crippen molar-refractivity contribution in [3.63, 3.8) is 0 Å². The lowest BCUT2D eigenvalue weighted by Gasteiger charge is -2.40. The highest BCUT2D eigenvalue weighted by atomic mass is 15.2. The minimum absolute atomic E-state index is 0.461. The Morgan fingerprint density at radius 2 is 0.815 bits per heavy atom. The summed E-state index contributed by atoms with van der Waals surface area (Å²) in [5, 5.41) is 0. The van der Waals surface area contributed by atoms with Crippen LogP contribution in [-0.4, -0.2) is 17.9 Å². The molecule has 0 saturated carbocycles. The molecule has 0 fully saturated rings. The number of unbranched alkanes of at least 4 members (excludes halogenated alkanes) is 15. The molecule has 0 aliphatic heterocycles. The summed E-state index contributed by atoms with van der Waals surface area (Å²) in [5.41, 5.74) is 28.7. The van der Waals surface area contributed by atoms with E-state index >= 15 is 0 Å². The molecule has 0 amide bonds. The number of nitrogens with two attached hydrogens (primary N) is 5. The summed E-state index contributed by atoms with van der Waals surface area (Å²) in [7, 11) is 0. The van der Waals surface area contributed by atoms with Crippen molar-refractivity contribution < 1.29 is 0 Å². The van der Waals surface area contributed by atoms with Crippen molar-refractivity contribution in [3.05, 3.63) is 0 Å². The van der Waals surface area contributed by atoms with E-state index in [0.29, 0.717) is 13.0 Å². The molecule has 0 heterocycles. The highest BCUT2D eigenvalue weighted by Gasteiger charge is 2.38. The smallest absolute Gasteiger partial charge is 0.134 e. The van der Waals surface area contributed by atoms with Gasteiger partial charge in [0.25, 0.3) is 0 Å². The summed E-state index contributed by atoms with van der Waals surface area (Å²) in [6.07, 6.45) is 22.9. The maximum Gasteiger partial charge on any atom is 0.134 e. The van der Waals surface area contributed by atoms with Crippen molar-refractivity contribution in [2.24, 2.45) is 28.7 Å². The van der Waals surface area contributed by atoms with Crippen LogP contribution in [-0.2, 0) is 0 Å². The summed E-state index contributed by atoms with van der Waals surface area (Å²) >= 11 is 0. The van der Waals surface area contributed by atoms with Crippen LogP contribution in [0.5, 0.6) is 0 Å². The lowest BCUT2D eigenvalue weighted by atomic mass is 9.83. The molecule has 0 radical (unpaired) electrons. The van der Waals surface area contributed by atoms with Crippen LogP contribution in [0.1, 0.15) is 122 Å². The van der Waals surface area contributed by atoms with Crippen molar-refractivity contribution in [2.45, 2.75) is 134 Å². The minimum atomic E-state index is -1.36. The van der Waals surface area contributed by atoms with Crippen LogP contribution < -0.4 is 28.7 Å². The third kappa shape index (κ3) is 14.5. The van der Waals surface area contributed by atoms with E-state index in [1.54, 1.807) is 0 Å². The first-order chi connectivity index (χ1) is 12.9. The zero-order valence-corrected chi connectivity index (χ0v) is 18.3. The highest BCUT2D eigenvalue weighted by molar-refractivity contribution is 4.99.